The Hall–Kier alpha value is -0.920. The predicted molar refractivity (Wildman–Crippen MR) is 73.7 cm³/mol. The fourth-order valence-electron chi connectivity index (χ4n) is 1.84. The van der Waals surface area contributed by atoms with E-state index in [0.29, 0.717) is 12.6 Å². The molecule has 0 saturated carbocycles. The molecule has 17 heavy (non-hydrogen) atoms. The van der Waals surface area contributed by atoms with Crippen LogP contribution in [0.1, 0.15) is 38.4 Å². The molecule has 0 atom stereocenters. The average Bonchev–Trinajstić information content (AvgIpc) is 2.91. The molecule has 0 bridgehead atoms. The zero-order valence-electron chi connectivity index (χ0n) is 10.0. The highest BCUT2D eigenvalue weighted by atomic mass is 127. The minimum absolute atomic E-state index is 0.500. The van der Waals surface area contributed by atoms with Crippen LogP contribution < -0.4 is 0 Å². The highest BCUT2D eigenvalue weighted by Gasteiger charge is 2.08. The Balaban J connectivity index is 2.08. The van der Waals surface area contributed by atoms with E-state index in [1.54, 1.807) is 11.0 Å². The van der Waals surface area contributed by atoms with Crippen LogP contribution in [-0.2, 0) is 6.54 Å². The smallest absolute Gasteiger partial charge is 0.211 e. The van der Waals surface area contributed by atoms with Gasteiger partial charge in [-0.2, -0.15) is 5.10 Å². The summed E-state index contributed by atoms with van der Waals surface area (Å²) in [6.07, 6.45) is 6.00. The van der Waals surface area contributed by atoms with E-state index in [1.165, 1.54) is 0 Å². The topological polar surface area (TPSA) is 48.5 Å². The molecule has 6 heteroatoms. The third-order valence-corrected chi connectivity index (χ3v) is 3.31. The summed E-state index contributed by atoms with van der Waals surface area (Å²) in [6.45, 7) is 5.06. The monoisotopic (exact) mass is 345 g/mol. The minimum Gasteiger partial charge on any atom is -0.269 e. The molecule has 0 unspecified atom stereocenters. The molecule has 2 heterocycles. The van der Waals surface area contributed by atoms with Crippen LogP contribution in [0.25, 0.3) is 0 Å². The molecule has 0 fully saturated rings. The van der Waals surface area contributed by atoms with Gasteiger partial charge >= 0.3 is 0 Å². The van der Waals surface area contributed by atoms with Crippen LogP contribution >= 0.6 is 22.6 Å². The maximum atomic E-state index is 4.58. The normalized spacial score (nSPS) is 11.3. The van der Waals surface area contributed by atoms with Crippen LogP contribution in [0.15, 0.2) is 18.6 Å². The van der Waals surface area contributed by atoms with Crippen LogP contribution in [0.3, 0.4) is 0 Å². The molecule has 5 nitrogen and oxygen atoms in total. The van der Waals surface area contributed by atoms with Crippen molar-refractivity contribution in [1.82, 2.24) is 24.5 Å². The largest absolute Gasteiger partial charge is 0.269 e. The molecule has 2 aromatic heterocycles. The van der Waals surface area contributed by atoms with E-state index < -0.39 is 0 Å². The molecular formula is C11H16IN5. The molecule has 0 aliphatic rings. The fourth-order valence-corrected chi connectivity index (χ4v) is 2.24. The lowest BCUT2D eigenvalue weighted by Crippen LogP contribution is -2.09. The molecule has 0 radical (unpaired) electrons. The van der Waals surface area contributed by atoms with Crippen molar-refractivity contribution in [3.05, 3.63) is 28.1 Å². The molecule has 2 aromatic rings. The van der Waals surface area contributed by atoms with Crippen molar-refractivity contribution in [2.45, 2.75) is 39.3 Å². The Morgan fingerprint density at radius 1 is 1.29 bits per heavy atom. The fraction of sp³-hybridized carbons (Fsp3) is 0.545. The summed E-state index contributed by atoms with van der Waals surface area (Å²) in [5, 5.41) is 8.83. The molecule has 0 saturated heterocycles. The van der Waals surface area contributed by atoms with Gasteiger partial charge in [0.05, 0.1) is 18.3 Å². The van der Waals surface area contributed by atoms with Crippen molar-refractivity contribution in [3.63, 3.8) is 0 Å². The lowest BCUT2D eigenvalue weighted by atomic mass is 10.2. The third-order valence-electron chi connectivity index (χ3n) is 2.81. The van der Waals surface area contributed by atoms with Crippen LogP contribution in [0.2, 0.25) is 0 Å². The maximum Gasteiger partial charge on any atom is 0.211 e. The minimum atomic E-state index is 0.500. The number of nitrogens with zero attached hydrogens (tertiary/aromatic N) is 5. The second-order valence-electron chi connectivity index (χ2n) is 3.97. The number of halogens is 1. The molecule has 92 valence electrons. The number of hydrogen-bond donors (Lipinski definition) is 0. The van der Waals surface area contributed by atoms with Gasteiger partial charge in [-0.25, -0.2) is 9.67 Å². The van der Waals surface area contributed by atoms with Crippen molar-refractivity contribution in [3.8, 4) is 0 Å². The number of rotatable bonds is 5. The Kier molecular flexibility index (Phi) is 4.14. The SMILES string of the molecule is CCC(CC)n1ccc(Cn2cnc(I)n2)n1. The van der Waals surface area contributed by atoms with Crippen LogP contribution in [-0.4, -0.2) is 24.5 Å². The summed E-state index contributed by atoms with van der Waals surface area (Å²) in [7, 11) is 0. The Labute approximate surface area is 114 Å². The van der Waals surface area contributed by atoms with Crippen molar-refractivity contribution in [2.24, 2.45) is 0 Å². The summed E-state index contributed by atoms with van der Waals surface area (Å²) >= 11 is 2.10. The number of hydrogen-bond acceptors (Lipinski definition) is 3. The second kappa shape index (κ2) is 5.61. The van der Waals surface area contributed by atoms with Crippen LogP contribution in [0.5, 0.6) is 0 Å². The highest BCUT2D eigenvalue weighted by Crippen LogP contribution is 2.14. The Morgan fingerprint density at radius 3 is 2.65 bits per heavy atom. The molecule has 0 amide bonds. The maximum absolute atomic E-state index is 4.58. The van der Waals surface area contributed by atoms with Gasteiger partial charge in [0.15, 0.2) is 0 Å². The summed E-state index contributed by atoms with van der Waals surface area (Å²) in [4.78, 5) is 4.09. The molecule has 0 aliphatic heterocycles. The third kappa shape index (κ3) is 3.05. The van der Waals surface area contributed by atoms with Gasteiger partial charge in [-0.15, -0.1) is 5.10 Å². The zero-order chi connectivity index (χ0) is 12.3. The van der Waals surface area contributed by atoms with E-state index in [1.807, 2.05) is 6.07 Å². The van der Waals surface area contributed by atoms with Crippen LogP contribution in [0, 0.1) is 3.83 Å². The predicted octanol–water partition coefficient (Wildman–Crippen LogP) is 2.49. The Bertz CT molecular complexity index is 472. The second-order valence-corrected chi connectivity index (χ2v) is 4.93. The molecule has 0 aliphatic carbocycles. The van der Waals surface area contributed by atoms with E-state index in [2.05, 4.69) is 62.5 Å². The molecule has 0 spiro atoms. The van der Waals surface area contributed by atoms with Gasteiger partial charge < -0.3 is 0 Å². The zero-order valence-corrected chi connectivity index (χ0v) is 12.2. The van der Waals surface area contributed by atoms with Gasteiger partial charge in [0, 0.05) is 28.8 Å². The summed E-state index contributed by atoms with van der Waals surface area (Å²) < 4.78 is 4.63. The standard InChI is InChI=1S/C11H16IN5/c1-3-10(4-2)17-6-5-9(14-17)7-16-8-13-11(12)15-16/h5-6,8,10H,3-4,7H2,1-2H3. The van der Waals surface area contributed by atoms with Gasteiger partial charge in [-0.05, 0) is 18.9 Å². The summed E-state index contributed by atoms with van der Waals surface area (Å²) in [6, 6.07) is 2.55. The number of aromatic nitrogens is 5. The van der Waals surface area contributed by atoms with Crippen molar-refractivity contribution in [1.29, 1.82) is 0 Å². The van der Waals surface area contributed by atoms with E-state index in [0.717, 1.165) is 22.4 Å². The quantitative estimate of drug-likeness (QED) is 0.783. The molecule has 0 aromatic carbocycles. The first kappa shape index (κ1) is 12.5. The van der Waals surface area contributed by atoms with Crippen LogP contribution in [0.4, 0.5) is 0 Å². The lowest BCUT2D eigenvalue weighted by Gasteiger charge is -2.12. The first-order valence-electron chi connectivity index (χ1n) is 5.82. The van der Waals surface area contributed by atoms with Crippen molar-refractivity contribution < 1.29 is 0 Å². The molecular weight excluding hydrogens is 329 g/mol. The molecule has 0 N–H and O–H groups in total. The van der Waals surface area contributed by atoms with Crippen molar-refractivity contribution >= 4 is 22.6 Å². The first-order chi connectivity index (χ1) is 8.22. The Morgan fingerprint density at radius 2 is 2.06 bits per heavy atom. The van der Waals surface area contributed by atoms with E-state index in [9.17, 15) is 0 Å². The summed E-state index contributed by atoms with van der Waals surface area (Å²) in [5.74, 6) is 0. The highest BCUT2D eigenvalue weighted by molar-refractivity contribution is 14.1. The first-order valence-corrected chi connectivity index (χ1v) is 6.89. The van der Waals surface area contributed by atoms with E-state index in [4.69, 9.17) is 0 Å². The summed E-state index contributed by atoms with van der Waals surface area (Å²) in [5.41, 5.74) is 1.03. The van der Waals surface area contributed by atoms with Gasteiger partial charge in [0.25, 0.3) is 0 Å². The van der Waals surface area contributed by atoms with E-state index in [-0.39, 0.29) is 0 Å². The van der Waals surface area contributed by atoms with Gasteiger partial charge in [-0.1, -0.05) is 13.8 Å². The van der Waals surface area contributed by atoms with Gasteiger partial charge in [0.2, 0.25) is 3.83 Å². The lowest BCUT2D eigenvalue weighted by molar-refractivity contribution is 0.424. The average molecular weight is 345 g/mol. The van der Waals surface area contributed by atoms with Crippen molar-refractivity contribution in [2.75, 3.05) is 0 Å². The molecule has 2 rings (SSSR count). The van der Waals surface area contributed by atoms with Gasteiger partial charge in [-0.3, -0.25) is 4.68 Å². The van der Waals surface area contributed by atoms with Gasteiger partial charge in [0.1, 0.15) is 6.33 Å². The van der Waals surface area contributed by atoms with E-state index >= 15 is 0 Å².